The molecule has 4 rings (SSSR count). The van der Waals surface area contributed by atoms with Crippen LogP contribution >= 0.6 is 0 Å². The van der Waals surface area contributed by atoms with Crippen LogP contribution in [0.25, 0.3) is 16.6 Å². The van der Waals surface area contributed by atoms with E-state index in [2.05, 4.69) is 20.7 Å². The normalized spacial score (nSPS) is 16.1. The number of hydrogen-bond donors (Lipinski definition) is 3. The van der Waals surface area contributed by atoms with Crippen LogP contribution < -0.4 is 10.6 Å². The third-order valence-electron chi connectivity index (χ3n) is 5.67. The van der Waals surface area contributed by atoms with Crippen molar-refractivity contribution in [1.82, 2.24) is 19.9 Å². The first kappa shape index (κ1) is 22.2. The van der Waals surface area contributed by atoms with Gasteiger partial charge in [0.1, 0.15) is 6.17 Å². The Balaban J connectivity index is 1.68. The van der Waals surface area contributed by atoms with Crippen LogP contribution in [0.1, 0.15) is 37.0 Å². The van der Waals surface area contributed by atoms with E-state index in [0.29, 0.717) is 24.5 Å². The lowest BCUT2D eigenvalue weighted by Gasteiger charge is -2.26. The highest BCUT2D eigenvalue weighted by molar-refractivity contribution is 6.03. The second-order valence-electron chi connectivity index (χ2n) is 8.59. The molecule has 0 bridgehead atoms. The van der Waals surface area contributed by atoms with Gasteiger partial charge >= 0.3 is 0 Å². The van der Waals surface area contributed by atoms with Crippen molar-refractivity contribution in [3.63, 3.8) is 0 Å². The number of aromatic nitrogens is 3. The number of halogens is 1. The zero-order valence-electron chi connectivity index (χ0n) is 18.2. The minimum absolute atomic E-state index is 0.145. The fourth-order valence-corrected chi connectivity index (χ4v) is 3.66. The zero-order valence-corrected chi connectivity index (χ0v) is 18.2. The molecule has 9 heteroatoms. The number of amides is 1. The van der Waals surface area contributed by atoms with Gasteiger partial charge in [-0.3, -0.25) is 9.78 Å². The van der Waals surface area contributed by atoms with Gasteiger partial charge in [-0.2, -0.15) is 5.10 Å². The molecular formula is C23H28FN5O3. The number of ether oxygens (including phenoxy) is 1. The number of pyridine rings is 1. The highest BCUT2D eigenvalue weighted by Gasteiger charge is 2.28. The summed E-state index contributed by atoms with van der Waals surface area (Å²) in [6.07, 6.45) is 6.87. The largest absolute Gasteiger partial charge is 0.387 e. The van der Waals surface area contributed by atoms with Gasteiger partial charge in [0.25, 0.3) is 5.91 Å². The maximum absolute atomic E-state index is 14.2. The number of hydrogen-bond acceptors (Lipinski definition) is 6. The molecule has 0 aliphatic carbocycles. The summed E-state index contributed by atoms with van der Waals surface area (Å²) in [5.41, 5.74) is 2.10. The van der Waals surface area contributed by atoms with E-state index in [-0.39, 0.29) is 12.6 Å². The summed E-state index contributed by atoms with van der Waals surface area (Å²) in [4.78, 5) is 17.0. The van der Waals surface area contributed by atoms with Gasteiger partial charge in [-0.1, -0.05) is 0 Å². The number of rotatable bonds is 7. The van der Waals surface area contributed by atoms with E-state index in [1.165, 1.54) is 20.0 Å². The lowest BCUT2D eigenvalue weighted by molar-refractivity contribution is -0.00177. The summed E-state index contributed by atoms with van der Waals surface area (Å²) in [5, 5.41) is 20.3. The summed E-state index contributed by atoms with van der Waals surface area (Å²) in [6.45, 7) is 3.75. The molecule has 1 aliphatic rings. The molecule has 8 nitrogen and oxygen atoms in total. The molecule has 1 saturated heterocycles. The van der Waals surface area contributed by atoms with Gasteiger partial charge in [-0.25, -0.2) is 8.91 Å². The van der Waals surface area contributed by atoms with Crippen LogP contribution in [0.4, 0.5) is 10.1 Å². The average Bonchev–Trinajstić information content (AvgIpc) is 3.23. The highest BCUT2D eigenvalue weighted by atomic mass is 19.1. The standard InChI is InChI=1S/C23H28FN5O3/c1-23(2,31)20(24)13-26-22(30)18-12-27-29-14-16(15-3-7-25-8-4-15)11-19(29)21(18)28-17-5-9-32-10-6-17/h3-4,7-8,11-12,14,17,20,28,31H,5-6,9-10,13H2,1-2H3,(H,26,30)/t20-/m1/s1. The molecule has 170 valence electrons. The molecule has 32 heavy (non-hydrogen) atoms. The van der Waals surface area contributed by atoms with Crippen molar-refractivity contribution in [1.29, 1.82) is 0 Å². The number of nitrogens with zero attached hydrogens (tertiary/aromatic N) is 3. The second-order valence-corrected chi connectivity index (χ2v) is 8.59. The SMILES string of the molecule is CC(C)(O)[C@H](F)CNC(=O)c1cnn2cc(-c3ccncc3)cc2c1NC1CCOCC1. The molecule has 0 spiro atoms. The van der Waals surface area contributed by atoms with Gasteiger partial charge in [0, 0.05) is 43.4 Å². The maximum atomic E-state index is 14.2. The molecule has 0 unspecified atom stereocenters. The molecule has 0 radical (unpaired) electrons. The second kappa shape index (κ2) is 9.22. The molecule has 1 aliphatic heterocycles. The van der Waals surface area contributed by atoms with Crippen LogP contribution in [0.2, 0.25) is 0 Å². The van der Waals surface area contributed by atoms with Crippen LogP contribution in [-0.2, 0) is 4.74 Å². The number of alkyl halides is 1. The lowest BCUT2D eigenvalue weighted by Crippen LogP contribution is -2.42. The van der Waals surface area contributed by atoms with E-state index < -0.39 is 17.7 Å². The number of carbonyl (C=O) groups excluding carboxylic acids is 1. The van der Waals surface area contributed by atoms with Gasteiger partial charge in [0.2, 0.25) is 0 Å². The van der Waals surface area contributed by atoms with Crippen molar-refractivity contribution in [2.45, 2.75) is 44.5 Å². The third-order valence-corrected chi connectivity index (χ3v) is 5.67. The number of aliphatic hydroxyl groups is 1. The number of carbonyl (C=O) groups is 1. The van der Waals surface area contributed by atoms with Crippen molar-refractivity contribution < 1.29 is 19.0 Å². The van der Waals surface area contributed by atoms with Gasteiger partial charge < -0.3 is 20.5 Å². The van der Waals surface area contributed by atoms with Crippen LogP contribution in [0, 0.1) is 0 Å². The minimum atomic E-state index is -1.60. The summed E-state index contributed by atoms with van der Waals surface area (Å²) in [5.74, 6) is -0.451. The van der Waals surface area contributed by atoms with Gasteiger partial charge in [0.15, 0.2) is 0 Å². The van der Waals surface area contributed by atoms with Crippen LogP contribution in [0.5, 0.6) is 0 Å². The predicted molar refractivity (Wildman–Crippen MR) is 119 cm³/mol. The molecule has 1 amide bonds. The number of nitrogens with one attached hydrogen (secondary N) is 2. The molecule has 3 N–H and O–H groups in total. The molecule has 4 heterocycles. The van der Waals surface area contributed by atoms with Crippen LogP contribution in [0.15, 0.2) is 43.0 Å². The van der Waals surface area contributed by atoms with Crippen LogP contribution in [-0.4, -0.2) is 63.2 Å². The van der Waals surface area contributed by atoms with Crippen molar-refractivity contribution in [2.24, 2.45) is 0 Å². The summed E-state index contributed by atoms with van der Waals surface area (Å²) >= 11 is 0. The fourth-order valence-electron chi connectivity index (χ4n) is 3.66. The van der Waals surface area contributed by atoms with E-state index in [4.69, 9.17) is 4.74 Å². The Morgan fingerprint density at radius 2 is 2.03 bits per heavy atom. The Labute approximate surface area is 185 Å². The van der Waals surface area contributed by atoms with Gasteiger partial charge in [-0.15, -0.1) is 0 Å². The quantitative estimate of drug-likeness (QED) is 0.521. The Morgan fingerprint density at radius 1 is 1.31 bits per heavy atom. The molecule has 3 aromatic rings. The molecule has 0 aromatic carbocycles. The first-order chi connectivity index (χ1) is 15.3. The lowest BCUT2D eigenvalue weighted by atomic mass is 10.0. The predicted octanol–water partition coefficient (Wildman–Crippen LogP) is 2.83. The summed E-state index contributed by atoms with van der Waals surface area (Å²) in [6, 6.07) is 5.93. The smallest absolute Gasteiger partial charge is 0.255 e. The van der Waals surface area contributed by atoms with Crippen molar-refractivity contribution in [3.05, 3.63) is 48.5 Å². The van der Waals surface area contributed by atoms with Gasteiger partial charge in [-0.05, 0) is 50.5 Å². The first-order valence-corrected chi connectivity index (χ1v) is 10.7. The maximum Gasteiger partial charge on any atom is 0.255 e. The molecule has 1 fully saturated rings. The van der Waals surface area contributed by atoms with Crippen molar-refractivity contribution in [2.75, 3.05) is 25.1 Å². The van der Waals surface area contributed by atoms with E-state index in [1.54, 1.807) is 16.9 Å². The average molecular weight is 442 g/mol. The molecule has 1 atom stereocenters. The zero-order chi connectivity index (χ0) is 22.7. The molecule has 0 saturated carbocycles. The van der Waals surface area contributed by atoms with Crippen LogP contribution in [0.3, 0.4) is 0 Å². The highest BCUT2D eigenvalue weighted by Crippen LogP contribution is 2.30. The topological polar surface area (TPSA) is 101 Å². The van der Waals surface area contributed by atoms with E-state index >= 15 is 0 Å². The Morgan fingerprint density at radius 3 is 2.72 bits per heavy atom. The van der Waals surface area contributed by atoms with E-state index in [1.807, 2.05) is 24.4 Å². The first-order valence-electron chi connectivity index (χ1n) is 10.7. The Bertz CT molecular complexity index is 1070. The number of fused-ring (bicyclic) bond motifs is 1. The fraction of sp³-hybridized carbons (Fsp3) is 0.435. The molecular weight excluding hydrogens is 413 g/mol. The number of anilines is 1. The van der Waals surface area contributed by atoms with Crippen molar-refractivity contribution >= 4 is 17.1 Å². The van der Waals surface area contributed by atoms with E-state index in [0.717, 1.165) is 29.5 Å². The Kier molecular flexibility index (Phi) is 6.38. The minimum Gasteiger partial charge on any atom is -0.387 e. The van der Waals surface area contributed by atoms with E-state index in [9.17, 15) is 14.3 Å². The summed E-state index contributed by atoms with van der Waals surface area (Å²) in [7, 11) is 0. The van der Waals surface area contributed by atoms with Crippen molar-refractivity contribution in [3.8, 4) is 11.1 Å². The third kappa shape index (κ3) is 4.89. The monoisotopic (exact) mass is 441 g/mol. The molecule has 3 aromatic heterocycles. The summed E-state index contributed by atoms with van der Waals surface area (Å²) < 4.78 is 21.4. The Hall–Kier alpha value is -3.04. The van der Waals surface area contributed by atoms with Gasteiger partial charge in [0.05, 0.1) is 35.1 Å².